The number of hydrogen-bond acceptors (Lipinski definition) is 7. The van der Waals surface area contributed by atoms with E-state index < -0.39 is 22.0 Å². The first kappa shape index (κ1) is 27.9. The van der Waals surface area contributed by atoms with Gasteiger partial charge in [0, 0.05) is 18.8 Å². The van der Waals surface area contributed by atoms with Crippen molar-refractivity contribution in [2.45, 2.75) is 71.6 Å². The maximum atomic E-state index is 12.9. The molecule has 0 bridgehead atoms. The lowest BCUT2D eigenvalue weighted by Gasteiger charge is -2.40. The number of methoxy groups -OCH3 is 1. The van der Waals surface area contributed by atoms with E-state index in [4.69, 9.17) is 9.47 Å². The molecule has 192 valence electrons. The van der Waals surface area contributed by atoms with Crippen LogP contribution in [0.1, 0.15) is 58.9 Å². The Morgan fingerprint density at radius 2 is 1.85 bits per heavy atom. The van der Waals surface area contributed by atoms with Crippen molar-refractivity contribution in [3.63, 3.8) is 0 Å². The van der Waals surface area contributed by atoms with Gasteiger partial charge in [-0.1, -0.05) is 13.0 Å². The highest BCUT2D eigenvalue weighted by Gasteiger charge is 2.37. The number of carbonyl (C=O) groups excluding carboxylic acids is 2. The van der Waals surface area contributed by atoms with Crippen LogP contribution in [0.2, 0.25) is 0 Å². The van der Waals surface area contributed by atoms with Crippen molar-refractivity contribution in [2.75, 3.05) is 42.0 Å². The van der Waals surface area contributed by atoms with Gasteiger partial charge in [-0.15, -0.1) is 0 Å². The van der Waals surface area contributed by atoms with Crippen molar-refractivity contribution in [3.05, 3.63) is 23.8 Å². The zero-order valence-corrected chi connectivity index (χ0v) is 22.1. The molecule has 3 atom stereocenters. The van der Waals surface area contributed by atoms with E-state index in [9.17, 15) is 18.0 Å². The minimum atomic E-state index is -3.00. The molecule has 1 aromatic carbocycles. The van der Waals surface area contributed by atoms with Crippen molar-refractivity contribution in [1.82, 2.24) is 5.32 Å². The molecule has 34 heavy (non-hydrogen) atoms. The fourth-order valence-corrected chi connectivity index (χ4v) is 4.83. The van der Waals surface area contributed by atoms with Gasteiger partial charge in [-0.2, -0.15) is 0 Å². The van der Waals surface area contributed by atoms with E-state index in [1.165, 1.54) is 13.4 Å². The first-order valence-corrected chi connectivity index (χ1v) is 13.8. The summed E-state index contributed by atoms with van der Waals surface area (Å²) in [5.74, 6) is 0.283. The Morgan fingerprint density at radius 3 is 2.41 bits per heavy atom. The molecule has 10 heteroatoms. The standard InChI is InChI=1S/C24H39N3O6S/c1-8-19(14-25-17(4)11-12-34(7,30)31)20-9-10-21-22(13-20)26(23(28)33-16(2)3)15-18(5)27(21)24(29)32-6/h9-10,13,16-19,25H,8,11-12,14-15H2,1-7H3. The predicted octanol–water partition coefficient (Wildman–Crippen LogP) is 3.92. The molecule has 0 fully saturated rings. The third kappa shape index (κ3) is 7.33. The number of nitrogens with zero attached hydrogens (tertiary/aromatic N) is 2. The Balaban J connectivity index is 2.33. The number of rotatable bonds is 9. The molecule has 0 radical (unpaired) electrons. The summed E-state index contributed by atoms with van der Waals surface area (Å²) in [6.45, 7) is 10.5. The van der Waals surface area contributed by atoms with Crippen LogP contribution >= 0.6 is 0 Å². The van der Waals surface area contributed by atoms with Crippen molar-refractivity contribution in [1.29, 1.82) is 0 Å². The van der Waals surface area contributed by atoms with Crippen molar-refractivity contribution >= 4 is 33.4 Å². The van der Waals surface area contributed by atoms with Gasteiger partial charge in [-0.05, 0) is 64.2 Å². The Bertz CT molecular complexity index is 965. The van der Waals surface area contributed by atoms with Crippen LogP contribution in [0.5, 0.6) is 0 Å². The summed E-state index contributed by atoms with van der Waals surface area (Å²) < 4.78 is 33.4. The predicted molar refractivity (Wildman–Crippen MR) is 135 cm³/mol. The number of hydrogen-bond donors (Lipinski definition) is 1. The van der Waals surface area contributed by atoms with Crippen molar-refractivity contribution < 1.29 is 27.5 Å². The molecule has 2 amide bonds. The van der Waals surface area contributed by atoms with Gasteiger partial charge in [0.25, 0.3) is 0 Å². The molecule has 1 heterocycles. The number of carbonyl (C=O) groups is 2. The van der Waals surface area contributed by atoms with Crippen LogP contribution in [-0.4, -0.2) is 71.0 Å². The smallest absolute Gasteiger partial charge is 0.414 e. The van der Waals surface area contributed by atoms with Crippen molar-refractivity contribution in [3.8, 4) is 0 Å². The zero-order chi connectivity index (χ0) is 25.6. The molecule has 0 aliphatic carbocycles. The molecule has 1 aliphatic heterocycles. The second-order valence-electron chi connectivity index (χ2n) is 9.31. The zero-order valence-electron chi connectivity index (χ0n) is 21.3. The number of sulfone groups is 1. The van der Waals surface area contributed by atoms with Crippen LogP contribution in [0.4, 0.5) is 21.0 Å². The van der Waals surface area contributed by atoms with E-state index >= 15 is 0 Å². The Kier molecular flexibility index (Phi) is 9.75. The first-order chi connectivity index (χ1) is 15.9. The number of nitrogens with one attached hydrogen (secondary N) is 1. The second-order valence-corrected chi connectivity index (χ2v) is 11.6. The van der Waals surface area contributed by atoms with E-state index in [0.717, 1.165) is 12.0 Å². The Labute approximate surface area is 203 Å². The largest absolute Gasteiger partial charge is 0.452 e. The topological polar surface area (TPSA) is 105 Å². The lowest BCUT2D eigenvalue weighted by atomic mass is 9.94. The normalized spacial score (nSPS) is 17.8. The Morgan fingerprint density at radius 1 is 1.18 bits per heavy atom. The van der Waals surface area contributed by atoms with Gasteiger partial charge < -0.3 is 14.8 Å². The summed E-state index contributed by atoms with van der Waals surface area (Å²) in [4.78, 5) is 28.5. The molecule has 9 nitrogen and oxygen atoms in total. The highest BCUT2D eigenvalue weighted by Crippen LogP contribution is 2.39. The summed E-state index contributed by atoms with van der Waals surface area (Å²) in [5.41, 5.74) is 2.22. The van der Waals surface area contributed by atoms with Crippen LogP contribution in [0, 0.1) is 0 Å². The number of benzene rings is 1. The summed E-state index contributed by atoms with van der Waals surface area (Å²) >= 11 is 0. The van der Waals surface area contributed by atoms with Crippen molar-refractivity contribution in [2.24, 2.45) is 0 Å². The molecule has 0 spiro atoms. The van der Waals surface area contributed by atoms with Gasteiger partial charge in [0.15, 0.2) is 0 Å². The molecule has 1 N–H and O–H groups in total. The number of amides is 2. The summed E-state index contributed by atoms with van der Waals surface area (Å²) in [6.07, 6.45) is 1.43. The fraction of sp³-hybridized carbons (Fsp3) is 0.667. The summed E-state index contributed by atoms with van der Waals surface area (Å²) in [6, 6.07) is 5.52. The third-order valence-electron chi connectivity index (χ3n) is 5.96. The average Bonchev–Trinajstić information content (AvgIpc) is 2.76. The molecule has 0 aromatic heterocycles. The van der Waals surface area contributed by atoms with Gasteiger partial charge in [0.1, 0.15) is 9.84 Å². The van der Waals surface area contributed by atoms with Gasteiger partial charge in [0.2, 0.25) is 0 Å². The van der Waals surface area contributed by atoms with E-state index in [0.29, 0.717) is 24.3 Å². The highest BCUT2D eigenvalue weighted by atomic mass is 32.2. The van der Waals surface area contributed by atoms with Gasteiger partial charge in [-0.25, -0.2) is 18.0 Å². The molecule has 1 aliphatic rings. The number of ether oxygens (including phenoxy) is 2. The van der Waals surface area contributed by atoms with Crippen LogP contribution in [-0.2, 0) is 19.3 Å². The van der Waals surface area contributed by atoms with E-state index in [1.807, 2.05) is 32.0 Å². The lowest BCUT2D eigenvalue weighted by molar-refractivity contribution is 0.121. The molecule has 3 unspecified atom stereocenters. The number of anilines is 2. The quantitative estimate of drug-likeness (QED) is 0.551. The summed E-state index contributed by atoms with van der Waals surface area (Å²) in [5, 5.41) is 3.43. The third-order valence-corrected chi connectivity index (χ3v) is 6.94. The first-order valence-electron chi connectivity index (χ1n) is 11.8. The molecular formula is C24H39N3O6S. The molecule has 1 aromatic rings. The molecule has 0 saturated carbocycles. The van der Waals surface area contributed by atoms with E-state index in [-0.39, 0.29) is 36.4 Å². The van der Waals surface area contributed by atoms with Crippen LogP contribution in [0.15, 0.2) is 18.2 Å². The van der Waals surface area contributed by atoms with E-state index in [2.05, 4.69) is 12.2 Å². The van der Waals surface area contributed by atoms with Gasteiger partial charge in [-0.3, -0.25) is 9.80 Å². The second kappa shape index (κ2) is 11.9. The van der Waals surface area contributed by atoms with Gasteiger partial charge >= 0.3 is 12.2 Å². The summed E-state index contributed by atoms with van der Waals surface area (Å²) in [7, 11) is -1.66. The maximum Gasteiger partial charge on any atom is 0.414 e. The minimum Gasteiger partial charge on any atom is -0.452 e. The highest BCUT2D eigenvalue weighted by molar-refractivity contribution is 7.90. The minimum absolute atomic E-state index is 0.0505. The number of fused-ring (bicyclic) bond motifs is 1. The monoisotopic (exact) mass is 497 g/mol. The fourth-order valence-electron chi connectivity index (χ4n) is 4.04. The Hall–Kier alpha value is -2.33. The molecule has 0 saturated heterocycles. The van der Waals surface area contributed by atoms with Crippen LogP contribution in [0.25, 0.3) is 0 Å². The average molecular weight is 498 g/mol. The molecule has 2 rings (SSSR count). The van der Waals surface area contributed by atoms with Gasteiger partial charge in [0.05, 0.1) is 42.9 Å². The lowest BCUT2D eigenvalue weighted by Crippen LogP contribution is -2.52. The van der Waals surface area contributed by atoms with Crippen LogP contribution < -0.4 is 15.1 Å². The van der Waals surface area contributed by atoms with E-state index in [1.54, 1.807) is 23.6 Å². The molecular weight excluding hydrogens is 458 g/mol. The maximum absolute atomic E-state index is 12.9. The van der Waals surface area contributed by atoms with Crippen LogP contribution in [0.3, 0.4) is 0 Å². The SMILES string of the molecule is CCC(CNC(C)CCS(C)(=O)=O)c1ccc2c(c1)N(C(=O)OC(C)C)CC(C)N2C(=O)OC.